The maximum Gasteiger partial charge on any atom is 0.269 e. The highest BCUT2D eigenvalue weighted by atomic mass is 32.1. The number of hydrogen-bond donors (Lipinski definition) is 2. The first-order chi connectivity index (χ1) is 9.95. The van der Waals surface area contributed by atoms with E-state index in [9.17, 15) is 14.9 Å². The maximum absolute atomic E-state index is 11.9. The van der Waals surface area contributed by atoms with E-state index in [-0.39, 0.29) is 16.4 Å². The molecule has 0 aliphatic rings. The maximum atomic E-state index is 11.9. The Balaban J connectivity index is 1.97. The van der Waals surface area contributed by atoms with Crippen molar-refractivity contribution in [2.45, 2.75) is 6.92 Å². The van der Waals surface area contributed by atoms with E-state index in [0.29, 0.717) is 5.13 Å². The molecule has 10 heteroatoms. The van der Waals surface area contributed by atoms with Gasteiger partial charge in [0, 0.05) is 17.7 Å². The second-order valence-electron chi connectivity index (χ2n) is 3.84. The molecule has 0 saturated carbocycles. The number of aromatic nitrogens is 2. The van der Waals surface area contributed by atoms with Crippen LogP contribution in [-0.4, -0.2) is 26.1 Å². The van der Waals surface area contributed by atoms with Crippen LogP contribution in [0.2, 0.25) is 0 Å². The quantitative estimate of drug-likeness (QED) is 0.504. The second-order valence-corrected chi connectivity index (χ2v) is 5.43. The molecule has 2 rings (SSSR count). The van der Waals surface area contributed by atoms with Gasteiger partial charge in [-0.25, -0.2) is 0 Å². The van der Waals surface area contributed by atoms with Crippen LogP contribution in [0, 0.1) is 17.0 Å². The van der Waals surface area contributed by atoms with Crippen molar-refractivity contribution in [2.75, 3.05) is 5.32 Å². The first-order valence-corrected chi connectivity index (χ1v) is 6.85. The lowest BCUT2D eigenvalue weighted by Crippen LogP contribution is -2.34. The van der Waals surface area contributed by atoms with Crippen molar-refractivity contribution in [3.63, 3.8) is 0 Å². The minimum atomic E-state index is -0.536. The number of non-ortho nitro benzene ring substituents is 1. The number of anilines is 1. The Morgan fingerprint density at radius 3 is 2.52 bits per heavy atom. The standard InChI is InChI=1S/C11H9N5O3S2/c1-6-14-15-11(21-6)13-10(20)12-9(17)7-2-4-8(5-3-7)16(18)19/h2-5H,1H3,(H2,12,13,15,17,20). The van der Waals surface area contributed by atoms with Gasteiger partial charge in [-0.3, -0.25) is 20.2 Å². The third-order valence-electron chi connectivity index (χ3n) is 2.31. The summed E-state index contributed by atoms with van der Waals surface area (Å²) in [5.41, 5.74) is 0.176. The molecule has 1 amide bonds. The average molecular weight is 323 g/mol. The van der Waals surface area contributed by atoms with E-state index in [1.165, 1.54) is 35.6 Å². The predicted octanol–water partition coefficient (Wildman–Crippen LogP) is 1.88. The zero-order valence-corrected chi connectivity index (χ0v) is 12.3. The second kappa shape index (κ2) is 6.33. The van der Waals surface area contributed by atoms with Crippen molar-refractivity contribution in [2.24, 2.45) is 0 Å². The summed E-state index contributed by atoms with van der Waals surface area (Å²) < 4.78 is 0. The monoisotopic (exact) mass is 323 g/mol. The largest absolute Gasteiger partial charge is 0.307 e. The predicted molar refractivity (Wildman–Crippen MR) is 81.4 cm³/mol. The van der Waals surface area contributed by atoms with Gasteiger partial charge in [0.25, 0.3) is 11.6 Å². The SMILES string of the molecule is Cc1nnc(NC(=S)NC(=O)c2ccc([N+](=O)[O-])cc2)s1. The van der Waals surface area contributed by atoms with Crippen molar-refractivity contribution < 1.29 is 9.72 Å². The van der Waals surface area contributed by atoms with Crippen molar-refractivity contribution in [1.29, 1.82) is 0 Å². The number of hydrogen-bond acceptors (Lipinski definition) is 7. The number of nitrogens with zero attached hydrogens (tertiary/aromatic N) is 3. The Kier molecular flexibility index (Phi) is 4.50. The highest BCUT2D eigenvalue weighted by molar-refractivity contribution is 7.80. The molecule has 0 fully saturated rings. The number of nitro benzene ring substituents is 1. The van der Waals surface area contributed by atoms with Crippen LogP contribution in [0.15, 0.2) is 24.3 Å². The molecule has 0 unspecified atom stereocenters. The number of thiocarbonyl (C=S) groups is 1. The van der Waals surface area contributed by atoms with Gasteiger partial charge in [-0.2, -0.15) is 0 Å². The minimum Gasteiger partial charge on any atom is -0.307 e. The summed E-state index contributed by atoms with van der Waals surface area (Å²) >= 11 is 6.27. The molecule has 1 aromatic heterocycles. The van der Waals surface area contributed by atoms with E-state index < -0.39 is 10.8 Å². The first-order valence-electron chi connectivity index (χ1n) is 5.62. The Morgan fingerprint density at radius 2 is 2.00 bits per heavy atom. The van der Waals surface area contributed by atoms with Gasteiger partial charge >= 0.3 is 0 Å². The van der Waals surface area contributed by atoms with Crippen molar-refractivity contribution in [3.05, 3.63) is 45.0 Å². The molecule has 0 saturated heterocycles. The Bertz CT molecular complexity index is 698. The molecule has 8 nitrogen and oxygen atoms in total. The number of carbonyl (C=O) groups excluding carboxylic acids is 1. The highest BCUT2D eigenvalue weighted by Crippen LogP contribution is 2.14. The van der Waals surface area contributed by atoms with Gasteiger partial charge in [0.05, 0.1) is 4.92 Å². The molecule has 0 atom stereocenters. The summed E-state index contributed by atoms with van der Waals surface area (Å²) in [5, 5.41) is 24.6. The van der Waals surface area contributed by atoms with Gasteiger partial charge in [-0.05, 0) is 31.3 Å². The number of carbonyl (C=O) groups is 1. The number of rotatable bonds is 3. The lowest BCUT2D eigenvalue weighted by Gasteiger charge is -2.06. The summed E-state index contributed by atoms with van der Waals surface area (Å²) in [6, 6.07) is 5.20. The van der Waals surface area contributed by atoms with Crippen molar-refractivity contribution in [1.82, 2.24) is 15.5 Å². The highest BCUT2D eigenvalue weighted by Gasteiger charge is 2.11. The molecular weight excluding hydrogens is 314 g/mol. The molecule has 0 bridgehead atoms. The fourth-order valence-corrected chi connectivity index (χ4v) is 2.24. The Hall–Kier alpha value is -2.46. The van der Waals surface area contributed by atoms with E-state index in [0.717, 1.165) is 5.01 Å². The van der Waals surface area contributed by atoms with Crippen LogP contribution in [0.5, 0.6) is 0 Å². The van der Waals surface area contributed by atoms with E-state index in [4.69, 9.17) is 12.2 Å². The van der Waals surface area contributed by atoms with Gasteiger partial charge in [0.2, 0.25) is 5.13 Å². The summed E-state index contributed by atoms with van der Waals surface area (Å²) in [6.07, 6.45) is 0. The normalized spacial score (nSPS) is 9.95. The third kappa shape index (κ3) is 4.00. The molecular formula is C11H9N5O3S2. The molecule has 2 aromatic rings. The molecule has 1 heterocycles. The molecule has 2 N–H and O–H groups in total. The van der Waals surface area contributed by atoms with Crippen molar-refractivity contribution in [3.8, 4) is 0 Å². The zero-order chi connectivity index (χ0) is 15.4. The number of aryl methyl sites for hydroxylation is 1. The van der Waals surface area contributed by atoms with E-state index in [1.807, 2.05) is 0 Å². The van der Waals surface area contributed by atoms with Crippen LogP contribution >= 0.6 is 23.6 Å². The topological polar surface area (TPSA) is 110 Å². The molecule has 0 aliphatic heterocycles. The Labute approximate surface area is 128 Å². The van der Waals surface area contributed by atoms with E-state index >= 15 is 0 Å². The summed E-state index contributed by atoms with van der Waals surface area (Å²) in [4.78, 5) is 21.9. The van der Waals surface area contributed by atoms with Crippen LogP contribution in [0.25, 0.3) is 0 Å². The number of nitrogens with one attached hydrogen (secondary N) is 2. The lowest BCUT2D eigenvalue weighted by atomic mass is 10.2. The molecule has 21 heavy (non-hydrogen) atoms. The fourth-order valence-electron chi connectivity index (χ4n) is 1.39. The lowest BCUT2D eigenvalue weighted by molar-refractivity contribution is -0.384. The number of nitro groups is 1. The summed E-state index contributed by atoms with van der Waals surface area (Å²) in [5.74, 6) is -0.469. The summed E-state index contributed by atoms with van der Waals surface area (Å²) in [6.45, 7) is 1.79. The molecule has 0 radical (unpaired) electrons. The number of amides is 1. The van der Waals surface area contributed by atoms with Gasteiger partial charge in [-0.1, -0.05) is 11.3 Å². The van der Waals surface area contributed by atoms with Gasteiger partial charge in [0.1, 0.15) is 5.01 Å². The zero-order valence-electron chi connectivity index (χ0n) is 10.7. The van der Waals surface area contributed by atoms with E-state index in [1.54, 1.807) is 6.92 Å². The minimum absolute atomic E-state index is 0.0782. The van der Waals surface area contributed by atoms with Crippen LogP contribution in [0.1, 0.15) is 15.4 Å². The van der Waals surface area contributed by atoms with Crippen LogP contribution in [-0.2, 0) is 0 Å². The van der Waals surface area contributed by atoms with Crippen LogP contribution in [0.4, 0.5) is 10.8 Å². The van der Waals surface area contributed by atoms with Crippen LogP contribution < -0.4 is 10.6 Å². The average Bonchev–Trinajstić information content (AvgIpc) is 2.83. The summed E-state index contributed by atoms with van der Waals surface area (Å²) in [7, 11) is 0. The van der Waals surface area contributed by atoms with Gasteiger partial charge < -0.3 is 5.32 Å². The van der Waals surface area contributed by atoms with E-state index in [2.05, 4.69) is 20.8 Å². The van der Waals surface area contributed by atoms with Gasteiger partial charge in [0.15, 0.2) is 5.11 Å². The molecule has 1 aromatic carbocycles. The van der Waals surface area contributed by atoms with Crippen molar-refractivity contribution >= 4 is 45.4 Å². The number of benzene rings is 1. The first kappa shape index (κ1) is 14.9. The Morgan fingerprint density at radius 1 is 1.33 bits per heavy atom. The van der Waals surface area contributed by atoms with Gasteiger partial charge in [-0.15, -0.1) is 10.2 Å². The fraction of sp³-hybridized carbons (Fsp3) is 0.0909. The smallest absolute Gasteiger partial charge is 0.269 e. The third-order valence-corrected chi connectivity index (χ3v) is 3.27. The molecule has 0 spiro atoms. The molecule has 0 aliphatic carbocycles. The van der Waals surface area contributed by atoms with Crippen LogP contribution in [0.3, 0.4) is 0 Å². The molecule has 108 valence electrons.